The van der Waals surface area contributed by atoms with Crippen LogP contribution in [-0.2, 0) is 22.6 Å². The maximum atomic E-state index is 13.6. The second kappa shape index (κ2) is 9.00. The first-order chi connectivity index (χ1) is 14.2. The van der Waals surface area contributed by atoms with Gasteiger partial charge in [-0.25, -0.2) is 0 Å². The van der Waals surface area contributed by atoms with E-state index < -0.39 is 6.04 Å². The Labute approximate surface area is 179 Å². The summed E-state index contributed by atoms with van der Waals surface area (Å²) in [6.45, 7) is 10.8. The molecule has 2 aromatic carbocycles. The van der Waals surface area contributed by atoms with Gasteiger partial charge in [0, 0.05) is 5.69 Å². The average molecular weight is 408 g/mol. The quantitative estimate of drug-likeness (QED) is 0.798. The van der Waals surface area contributed by atoms with Crippen LogP contribution in [0.3, 0.4) is 0 Å². The van der Waals surface area contributed by atoms with Gasteiger partial charge < -0.3 is 15.5 Å². The molecule has 160 valence electrons. The zero-order valence-electron chi connectivity index (χ0n) is 18.9. The van der Waals surface area contributed by atoms with Crippen molar-refractivity contribution in [3.8, 4) is 0 Å². The van der Waals surface area contributed by atoms with Gasteiger partial charge in [-0.2, -0.15) is 0 Å². The third kappa shape index (κ3) is 4.26. The minimum atomic E-state index is -0.535. The number of hydrogen-bond donors (Lipinski definition) is 2. The lowest BCUT2D eigenvalue weighted by Crippen LogP contribution is -2.52. The predicted octanol–water partition coefficient (Wildman–Crippen LogP) is 3.49. The maximum Gasteiger partial charge on any atom is 0.249 e. The zero-order chi connectivity index (χ0) is 22.0. The molecule has 0 saturated heterocycles. The largest absolute Gasteiger partial charge is 0.343 e. The zero-order valence-corrected chi connectivity index (χ0v) is 18.9. The van der Waals surface area contributed by atoms with Crippen molar-refractivity contribution in [2.24, 2.45) is 0 Å². The van der Waals surface area contributed by atoms with Gasteiger partial charge in [-0.1, -0.05) is 24.3 Å². The van der Waals surface area contributed by atoms with E-state index in [9.17, 15) is 9.59 Å². The number of fused-ring (bicyclic) bond motifs is 1. The van der Waals surface area contributed by atoms with Crippen molar-refractivity contribution in [2.75, 3.05) is 11.9 Å². The van der Waals surface area contributed by atoms with Gasteiger partial charge in [0.15, 0.2) is 0 Å². The molecule has 30 heavy (non-hydrogen) atoms. The number of aryl methyl sites for hydroxylation is 3. The summed E-state index contributed by atoms with van der Waals surface area (Å²) in [5.41, 5.74) is 8.18. The highest BCUT2D eigenvalue weighted by atomic mass is 16.2. The van der Waals surface area contributed by atoms with E-state index in [2.05, 4.69) is 50.5 Å². The Balaban J connectivity index is 2.01. The van der Waals surface area contributed by atoms with Crippen molar-refractivity contribution in [2.45, 2.75) is 66.1 Å². The highest BCUT2D eigenvalue weighted by Crippen LogP contribution is 2.31. The highest BCUT2D eigenvalue weighted by Gasteiger charge is 2.32. The van der Waals surface area contributed by atoms with Gasteiger partial charge in [0.2, 0.25) is 11.8 Å². The SMILES string of the molecule is CNC(C)C(=O)NC1CCc2ccccc2N(Cc2c(C)c(C)cc(C)c2C)C1=O. The minimum Gasteiger partial charge on any atom is -0.343 e. The summed E-state index contributed by atoms with van der Waals surface area (Å²) in [4.78, 5) is 28.0. The number of benzene rings is 2. The summed E-state index contributed by atoms with van der Waals surface area (Å²) in [5, 5.41) is 5.91. The van der Waals surface area contributed by atoms with E-state index in [1.165, 1.54) is 27.8 Å². The van der Waals surface area contributed by atoms with Crippen LogP contribution in [0.4, 0.5) is 5.69 Å². The van der Waals surface area contributed by atoms with E-state index in [1.807, 2.05) is 23.1 Å². The van der Waals surface area contributed by atoms with E-state index in [0.717, 1.165) is 17.7 Å². The Morgan fingerprint density at radius 3 is 2.40 bits per heavy atom. The number of nitrogens with zero attached hydrogens (tertiary/aromatic N) is 1. The summed E-state index contributed by atoms with van der Waals surface area (Å²) in [7, 11) is 1.74. The molecule has 2 amide bonds. The lowest BCUT2D eigenvalue weighted by atomic mass is 9.93. The third-order valence-corrected chi connectivity index (χ3v) is 6.53. The number of hydrogen-bond acceptors (Lipinski definition) is 3. The van der Waals surface area contributed by atoms with Gasteiger partial charge >= 0.3 is 0 Å². The fraction of sp³-hybridized carbons (Fsp3) is 0.440. The van der Waals surface area contributed by atoms with Gasteiger partial charge in [-0.15, -0.1) is 0 Å². The van der Waals surface area contributed by atoms with Crippen LogP contribution in [0, 0.1) is 27.7 Å². The van der Waals surface area contributed by atoms with E-state index in [4.69, 9.17) is 0 Å². The monoisotopic (exact) mass is 407 g/mol. The van der Waals surface area contributed by atoms with Gasteiger partial charge in [-0.3, -0.25) is 9.59 Å². The number of carbonyl (C=O) groups excluding carboxylic acids is 2. The second-order valence-electron chi connectivity index (χ2n) is 8.40. The molecule has 1 heterocycles. The number of carbonyl (C=O) groups is 2. The maximum absolute atomic E-state index is 13.6. The summed E-state index contributed by atoms with van der Waals surface area (Å²) in [5.74, 6) is -0.199. The van der Waals surface area contributed by atoms with Crippen molar-refractivity contribution in [1.29, 1.82) is 0 Å². The fourth-order valence-electron chi connectivity index (χ4n) is 4.13. The van der Waals surface area contributed by atoms with Crippen LogP contribution in [0.25, 0.3) is 0 Å². The van der Waals surface area contributed by atoms with E-state index in [-0.39, 0.29) is 17.9 Å². The highest BCUT2D eigenvalue weighted by molar-refractivity contribution is 6.01. The van der Waals surface area contributed by atoms with Crippen molar-refractivity contribution in [3.05, 3.63) is 63.7 Å². The molecular formula is C25H33N3O2. The Bertz CT molecular complexity index is 941. The Morgan fingerprint density at radius 2 is 1.77 bits per heavy atom. The summed E-state index contributed by atoms with van der Waals surface area (Å²) < 4.78 is 0. The van der Waals surface area contributed by atoms with Crippen LogP contribution in [0.1, 0.15) is 46.7 Å². The van der Waals surface area contributed by atoms with Crippen LogP contribution in [-0.4, -0.2) is 30.9 Å². The number of amides is 2. The van der Waals surface area contributed by atoms with Crippen LogP contribution in [0.2, 0.25) is 0 Å². The van der Waals surface area contributed by atoms with Crippen molar-refractivity contribution in [1.82, 2.24) is 10.6 Å². The first-order valence-electron chi connectivity index (χ1n) is 10.7. The van der Waals surface area contributed by atoms with Crippen molar-refractivity contribution < 1.29 is 9.59 Å². The number of nitrogens with one attached hydrogen (secondary N) is 2. The molecular weight excluding hydrogens is 374 g/mol. The predicted molar refractivity (Wildman–Crippen MR) is 122 cm³/mol. The van der Waals surface area contributed by atoms with E-state index in [0.29, 0.717) is 13.0 Å². The smallest absolute Gasteiger partial charge is 0.249 e. The molecule has 1 aliphatic heterocycles. The number of anilines is 1. The van der Waals surface area contributed by atoms with Crippen LogP contribution in [0.15, 0.2) is 30.3 Å². The van der Waals surface area contributed by atoms with Gasteiger partial charge in [0.1, 0.15) is 6.04 Å². The third-order valence-electron chi connectivity index (χ3n) is 6.53. The molecule has 2 unspecified atom stereocenters. The number of rotatable bonds is 5. The number of likely N-dealkylation sites (N-methyl/N-ethyl adjacent to an activating group) is 1. The Kier molecular flexibility index (Phi) is 6.61. The molecule has 1 aliphatic rings. The molecule has 2 N–H and O–H groups in total. The van der Waals surface area contributed by atoms with Crippen molar-refractivity contribution in [3.63, 3.8) is 0 Å². The summed E-state index contributed by atoms with van der Waals surface area (Å²) in [6, 6.07) is 9.40. The molecule has 0 saturated carbocycles. The first-order valence-corrected chi connectivity index (χ1v) is 10.7. The van der Waals surface area contributed by atoms with Gasteiger partial charge in [0.25, 0.3) is 0 Å². The van der Waals surface area contributed by atoms with Crippen LogP contribution < -0.4 is 15.5 Å². The van der Waals surface area contributed by atoms with E-state index in [1.54, 1.807) is 14.0 Å². The van der Waals surface area contributed by atoms with Gasteiger partial charge in [-0.05, 0) is 94.0 Å². The van der Waals surface area contributed by atoms with Crippen LogP contribution in [0.5, 0.6) is 0 Å². The molecule has 5 nitrogen and oxygen atoms in total. The molecule has 0 bridgehead atoms. The Morgan fingerprint density at radius 1 is 1.13 bits per heavy atom. The lowest BCUT2D eigenvalue weighted by Gasteiger charge is -2.29. The summed E-state index contributed by atoms with van der Waals surface area (Å²) >= 11 is 0. The Hall–Kier alpha value is -2.66. The standard InChI is InChI=1S/C25H33N3O2/c1-15-13-16(2)18(4)21(17(15)3)14-28-23-10-8-7-9-20(23)11-12-22(25(28)30)27-24(29)19(5)26-6/h7-10,13,19,22,26H,11-12,14H2,1-6H3,(H,27,29). The average Bonchev–Trinajstić information content (AvgIpc) is 2.86. The molecule has 0 fully saturated rings. The summed E-state index contributed by atoms with van der Waals surface area (Å²) in [6.07, 6.45) is 1.35. The second-order valence-corrected chi connectivity index (χ2v) is 8.40. The van der Waals surface area contributed by atoms with E-state index >= 15 is 0 Å². The molecule has 0 radical (unpaired) electrons. The van der Waals surface area contributed by atoms with Crippen LogP contribution >= 0.6 is 0 Å². The normalized spacial score (nSPS) is 17.3. The molecule has 3 rings (SSSR count). The molecule has 0 aliphatic carbocycles. The molecule has 2 atom stereocenters. The van der Waals surface area contributed by atoms with Crippen molar-refractivity contribution >= 4 is 17.5 Å². The first kappa shape index (κ1) is 22.0. The molecule has 5 heteroatoms. The topological polar surface area (TPSA) is 61.4 Å². The fourth-order valence-corrected chi connectivity index (χ4v) is 4.13. The molecule has 2 aromatic rings. The minimum absolute atomic E-state index is 0.0467. The lowest BCUT2D eigenvalue weighted by molar-refractivity contribution is -0.128. The molecule has 0 aromatic heterocycles. The number of para-hydroxylation sites is 1. The molecule has 0 spiro atoms. The van der Waals surface area contributed by atoms with Gasteiger partial charge in [0.05, 0.1) is 12.6 Å².